The first kappa shape index (κ1) is 14.7. The van der Waals surface area contributed by atoms with Gasteiger partial charge < -0.3 is 10.4 Å². The largest absolute Gasteiger partial charge is 0.394 e. The van der Waals surface area contributed by atoms with Crippen molar-refractivity contribution >= 4 is 5.91 Å². The molecule has 0 fully saturated rings. The number of amides is 1. The van der Waals surface area contributed by atoms with E-state index in [1.54, 1.807) is 6.92 Å². The van der Waals surface area contributed by atoms with Crippen LogP contribution in [0.15, 0.2) is 24.3 Å². The fraction of sp³-hybridized carbons (Fsp3) is 0.533. The van der Waals surface area contributed by atoms with Gasteiger partial charge in [-0.05, 0) is 30.9 Å². The highest BCUT2D eigenvalue weighted by molar-refractivity contribution is 5.78. The third kappa shape index (κ3) is 5.32. The summed E-state index contributed by atoms with van der Waals surface area (Å²) >= 11 is 0. The van der Waals surface area contributed by atoms with Gasteiger partial charge in [-0.15, -0.1) is 0 Å². The highest BCUT2D eigenvalue weighted by atomic mass is 16.3. The normalized spacial score (nSPS) is 12.2. The van der Waals surface area contributed by atoms with Crippen LogP contribution in [0.3, 0.4) is 0 Å². The van der Waals surface area contributed by atoms with E-state index in [0.29, 0.717) is 6.42 Å². The van der Waals surface area contributed by atoms with Crippen LogP contribution < -0.4 is 5.32 Å². The maximum Gasteiger partial charge on any atom is 0.224 e. The second-order valence-electron chi connectivity index (χ2n) is 4.75. The van der Waals surface area contributed by atoms with Crippen LogP contribution >= 0.6 is 0 Å². The van der Waals surface area contributed by atoms with E-state index >= 15 is 0 Å². The molecule has 0 bridgehead atoms. The fourth-order valence-electron chi connectivity index (χ4n) is 1.76. The van der Waals surface area contributed by atoms with Gasteiger partial charge in [0.1, 0.15) is 0 Å². The summed E-state index contributed by atoms with van der Waals surface area (Å²) < 4.78 is 0. The minimum Gasteiger partial charge on any atom is -0.394 e. The molecule has 1 amide bonds. The van der Waals surface area contributed by atoms with Crippen LogP contribution in [-0.4, -0.2) is 23.7 Å². The van der Waals surface area contributed by atoms with Crippen LogP contribution in [0.4, 0.5) is 0 Å². The summed E-state index contributed by atoms with van der Waals surface area (Å²) in [4.78, 5) is 11.6. The van der Waals surface area contributed by atoms with Gasteiger partial charge in [0.2, 0.25) is 5.91 Å². The lowest BCUT2D eigenvalue weighted by Gasteiger charge is -2.10. The summed E-state index contributed by atoms with van der Waals surface area (Å²) in [6.45, 7) is 3.94. The number of aliphatic hydroxyl groups is 1. The van der Waals surface area contributed by atoms with E-state index in [1.165, 1.54) is 18.4 Å². The van der Waals surface area contributed by atoms with E-state index in [0.717, 1.165) is 12.0 Å². The van der Waals surface area contributed by atoms with Crippen molar-refractivity contribution in [3.8, 4) is 0 Å². The third-order valence-corrected chi connectivity index (χ3v) is 2.89. The third-order valence-electron chi connectivity index (χ3n) is 2.89. The summed E-state index contributed by atoms with van der Waals surface area (Å²) in [5, 5.41) is 11.6. The lowest BCUT2D eigenvalue weighted by Crippen LogP contribution is -2.35. The number of nitrogens with one attached hydrogen (secondary N) is 1. The smallest absolute Gasteiger partial charge is 0.224 e. The number of benzene rings is 1. The Bertz CT molecular complexity index is 359. The highest BCUT2D eigenvalue weighted by Gasteiger charge is 2.06. The molecule has 1 unspecified atom stereocenters. The predicted molar refractivity (Wildman–Crippen MR) is 73.4 cm³/mol. The lowest BCUT2D eigenvalue weighted by atomic mass is 10.0. The number of hydrogen-bond acceptors (Lipinski definition) is 2. The van der Waals surface area contributed by atoms with Crippen LogP contribution in [0.1, 0.15) is 37.8 Å². The second kappa shape index (κ2) is 7.88. The molecule has 0 aromatic heterocycles. The number of hydrogen-bond donors (Lipinski definition) is 2. The molecule has 3 nitrogen and oxygen atoms in total. The Balaban J connectivity index is 2.45. The van der Waals surface area contributed by atoms with E-state index in [-0.39, 0.29) is 18.6 Å². The Morgan fingerprint density at radius 2 is 1.89 bits per heavy atom. The van der Waals surface area contributed by atoms with E-state index in [4.69, 9.17) is 5.11 Å². The molecule has 0 aliphatic carbocycles. The van der Waals surface area contributed by atoms with Crippen LogP contribution in [0.2, 0.25) is 0 Å². The van der Waals surface area contributed by atoms with Gasteiger partial charge >= 0.3 is 0 Å². The zero-order chi connectivity index (χ0) is 13.4. The molecule has 0 saturated carbocycles. The number of unbranched alkanes of at least 4 members (excludes halogenated alkanes) is 1. The molecule has 0 spiro atoms. The van der Waals surface area contributed by atoms with E-state index in [9.17, 15) is 4.79 Å². The van der Waals surface area contributed by atoms with Gasteiger partial charge in [-0.1, -0.05) is 37.6 Å². The minimum absolute atomic E-state index is 0.0261. The Kier molecular flexibility index (Phi) is 6.44. The van der Waals surface area contributed by atoms with Gasteiger partial charge in [-0.2, -0.15) is 0 Å². The first-order chi connectivity index (χ1) is 8.65. The summed E-state index contributed by atoms with van der Waals surface area (Å²) in [6.07, 6.45) is 3.87. The van der Waals surface area contributed by atoms with Crippen LogP contribution in [0, 0.1) is 0 Å². The van der Waals surface area contributed by atoms with Crippen molar-refractivity contribution < 1.29 is 9.90 Å². The van der Waals surface area contributed by atoms with Crippen molar-refractivity contribution in [1.29, 1.82) is 0 Å². The second-order valence-corrected chi connectivity index (χ2v) is 4.75. The van der Waals surface area contributed by atoms with Crippen molar-refractivity contribution in [2.75, 3.05) is 6.61 Å². The zero-order valence-electron chi connectivity index (χ0n) is 11.3. The first-order valence-corrected chi connectivity index (χ1v) is 6.63. The number of carbonyl (C=O) groups is 1. The van der Waals surface area contributed by atoms with Gasteiger partial charge in [0.05, 0.1) is 13.0 Å². The van der Waals surface area contributed by atoms with Crippen molar-refractivity contribution in [3.63, 3.8) is 0 Å². The number of carbonyl (C=O) groups excluding carboxylic acids is 1. The number of aryl methyl sites for hydroxylation is 1. The van der Waals surface area contributed by atoms with Gasteiger partial charge in [-0.3, -0.25) is 4.79 Å². The summed E-state index contributed by atoms with van der Waals surface area (Å²) in [6, 6.07) is 8.02. The topological polar surface area (TPSA) is 49.3 Å². The average molecular weight is 249 g/mol. The van der Waals surface area contributed by atoms with E-state index in [2.05, 4.69) is 24.4 Å². The molecule has 1 aromatic rings. The summed E-state index contributed by atoms with van der Waals surface area (Å²) in [7, 11) is 0. The Morgan fingerprint density at radius 1 is 1.28 bits per heavy atom. The summed E-state index contributed by atoms with van der Waals surface area (Å²) in [5.74, 6) is -0.0436. The zero-order valence-corrected chi connectivity index (χ0v) is 11.3. The summed E-state index contributed by atoms with van der Waals surface area (Å²) in [5.41, 5.74) is 2.34. The molecule has 3 heteroatoms. The molecule has 18 heavy (non-hydrogen) atoms. The first-order valence-electron chi connectivity index (χ1n) is 6.63. The molecule has 1 atom stereocenters. The Labute approximate surface area is 109 Å². The van der Waals surface area contributed by atoms with E-state index < -0.39 is 0 Å². The maximum absolute atomic E-state index is 11.6. The van der Waals surface area contributed by atoms with Crippen LogP contribution in [0.5, 0.6) is 0 Å². The van der Waals surface area contributed by atoms with Crippen molar-refractivity contribution in [3.05, 3.63) is 35.4 Å². The average Bonchev–Trinajstić information content (AvgIpc) is 2.37. The van der Waals surface area contributed by atoms with Crippen molar-refractivity contribution in [1.82, 2.24) is 5.32 Å². The molecule has 0 saturated heterocycles. The molecule has 0 aliphatic rings. The SMILES string of the molecule is CCCCc1ccc(CC(=O)NC(C)CO)cc1. The monoisotopic (exact) mass is 249 g/mol. The van der Waals surface area contributed by atoms with Crippen molar-refractivity contribution in [2.45, 2.75) is 45.6 Å². The van der Waals surface area contributed by atoms with Gasteiger partial charge in [0.25, 0.3) is 0 Å². The van der Waals surface area contributed by atoms with Gasteiger partial charge in [0.15, 0.2) is 0 Å². The van der Waals surface area contributed by atoms with Crippen LogP contribution in [0.25, 0.3) is 0 Å². The molecule has 1 aromatic carbocycles. The Morgan fingerprint density at radius 3 is 2.44 bits per heavy atom. The number of aliphatic hydroxyl groups excluding tert-OH is 1. The van der Waals surface area contributed by atoms with Gasteiger partial charge in [-0.25, -0.2) is 0 Å². The van der Waals surface area contributed by atoms with Crippen molar-refractivity contribution in [2.24, 2.45) is 0 Å². The molecule has 0 radical (unpaired) electrons. The number of rotatable bonds is 7. The molecule has 2 N–H and O–H groups in total. The molecule has 0 aliphatic heterocycles. The highest BCUT2D eigenvalue weighted by Crippen LogP contribution is 2.08. The standard InChI is InChI=1S/C15H23NO2/c1-3-4-5-13-6-8-14(9-7-13)10-15(18)16-12(2)11-17/h6-9,12,17H,3-5,10-11H2,1-2H3,(H,16,18). The molecule has 0 heterocycles. The lowest BCUT2D eigenvalue weighted by molar-refractivity contribution is -0.121. The fourth-order valence-corrected chi connectivity index (χ4v) is 1.76. The quantitative estimate of drug-likeness (QED) is 0.777. The minimum atomic E-state index is -0.179. The molecular formula is C15H23NO2. The molecule has 100 valence electrons. The Hall–Kier alpha value is -1.35. The van der Waals surface area contributed by atoms with Gasteiger partial charge in [0, 0.05) is 6.04 Å². The molecule has 1 rings (SSSR count). The van der Waals surface area contributed by atoms with Crippen LogP contribution in [-0.2, 0) is 17.6 Å². The predicted octanol–water partition coefficient (Wildman–Crippen LogP) is 2.07. The van der Waals surface area contributed by atoms with E-state index in [1.807, 2.05) is 12.1 Å². The molecular weight excluding hydrogens is 226 g/mol. The maximum atomic E-state index is 11.6.